The van der Waals surface area contributed by atoms with Crippen molar-refractivity contribution in [3.8, 4) is 6.07 Å². The summed E-state index contributed by atoms with van der Waals surface area (Å²) < 4.78 is 0. The van der Waals surface area contributed by atoms with Gasteiger partial charge in [-0.05, 0) is 12.1 Å². The first-order valence-corrected chi connectivity index (χ1v) is 2.63. The molecule has 46 valence electrons. The zero-order valence-electron chi connectivity index (χ0n) is 4.89. The Morgan fingerprint density at radius 2 is 2.44 bits per heavy atom. The molecule has 0 unspecified atom stereocenters. The number of nitrogens with one attached hydrogen (secondary N) is 1. The van der Waals surface area contributed by atoms with E-state index in [1.54, 1.807) is 12.1 Å². The van der Waals surface area contributed by atoms with Gasteiger partial charge in [0.15, 0.2) is 0 Å². The van der Waals surface area contributed by atoms with E-state index in [2.05, 4.69) is 4.98 Å². The molecule has 3 nitrogen and oxygen atoms in total. The summed E-state index contributed by atoms with van der Waals surface area (Å²) in [6.07, 6.45) is 0.400. The number of hydrogen-bond donors (Lipinski definition) is 2. The Kier molecular flexibility index (Phi) is 1.41. The van der Waals surface area contributed by atoms with Crippen molar-refractivity contribution in [3.63, 3.8) is 0 Å². The third-order valence-electron chi connectivity index (χ3n) is 1.04. The predicted molar refractivity (Wildman–Crippen MR) is 34.5 cm³/mol. The molecule has 0 aliphatic heterocycles. The molecule has 0 aromatic carbocycles. The van der Waals surface area contributed by atoms with E-state index < -0.39 is 0 Å². The molecule has 0 atom stereocenters. The van der Waals surface area contributed by atoms with Crippen molar-refractivity contribution in [1.29, 1.82) is 5.26 Å². The lowest BCUT2D eigenvalue weighted by Crippen LogP contribution is -1.84. The summed E-state index contributed by atoms with van der Waals surface area (Å²) in [7, 11) is 0. The van der Waals surface area contributed by atoms with Crippen LogP contribution in [0.15, 0.2) is 12.1 Å². The van der Waals surface area contributed by atoms with E-state index in [1.165, 1.54) is 0 Å². The lowest BCUT2D eigenvalue weighted by atomic mass is 10.3. The molecule has 3 N–H and O–H groups in total. The fourth-order valence-corrected chi connectivity index (χ4v) is 0.647. The summed E-state index contributed by atoms with van der Waals surface area (Å²) in [6, 6.07) is 5.56. The number of hydrogen-bond acceptors (Lipinski definition) is 2. The minimum atomic E-state index is 0.400. The van der Waals surface area contributed by atoms with E-state index in [0.717, 1.165) is 5.69 Å². The molecular formula is C6H7N3. The van der Waals surface area contributed by atoms with E-state index >= 15 is 0 Å². The van der Waals surface area contributed by atoms with E-state index in [-0.39, 0.29) is 0 Å². The van der Waals surface area contributed by atoms with Gasteiger partial charge in [-0.2, -0.15) is 5.26 Å². The molecule has 0 radical (unpaired) electrons. The van der Waals surface area contributed by atoms with Gasteiger partial charge in [-0.25, -0.2) is 0 Å². The van der Waals surface area contributed by atoms with Crippen molar-refractivity contribution >= 4 is 5.82 Å². The fourth-order valence-electron chi connectivity index (χ4n) is 0.647. The summed E-state index contributed by atoms with van der Waals surface area (Å²) in [6.45, 7) is 0. The first-order chi connectivity index (χ1) is 4.33. The van der Waals surface area contributed by atoms with Gasteiger partial charge in [0.1, 0.15) is 5.82 Å². The average molecular weight is 121 g/mol. The highest BCUT2D eigenvalue weighted by Gasteiger charge is 1.91. The second-order valence-electron chi connectivity index (χ2n) is 1.77. The third kappa shape index (κ3) is 1.23. The first kappa shape index (κ1) is 5.70. The Labute approximate surface area is 53.1 Å². The van der Waals surface area contributed by atoms with Crippen LogP contribution >= 0.6 is 0 Å². The molecule has 0 aliphatic rings. The molecule has 1 rings (SSSR count). The number of aromatic amines is 1. The molecular weight excluding hydrogens is 114 g/mol. The number of aromatic nitrogens is 1. The van der Waals surface area contributed by atoms with Crippen LogP contribution in [-0.4, -0.2) is 4.98 Å². The van der Waals surface area contributed by atoms with Crippen molar-refractivity contribution in [2.24, 2.45) is 0 Å². The summed E-state index contributed by atoms with van der Waals surface area (Å²) in [5, 5.41) is 8.22. The topological polar surface area (TPSA) is 65.6 Å². The van der Waals surface area contributed by atoms with E-state index in [9.17, 15) is 0 Å². The standard InChI is InChI=1S/C6H7N3/c7-4-3-5-1-2-6(8)9-5/h1-2,9H,3,8H2. The molecule has 1 heterocycles. The van der Waals surface area contributed by atoms with Crippen LogP contribution in [0.1, 0.15) is 5.69 Å². The highest BCUT2D eigenvalue weighted by atomic mass is 14.8. The lowest BCUT2D eigenvalue weighted by molar-refractivity contribution is 1.16. The normalized spacial score (nSPS) is 8.78. The summed E-state index contributed by atoms with van der Waals surface area (Å²) in [5.41, 5.74) is 6.21. The van der Waals surface area contributed by atoms with Gasteiger partial charge in [0.05, 0.1) is 12.5 Å². The Morgan fingerprint density at radius 3 is 2.89 bits per heavy atom. The molecule has 0 bridgehead atoms. The number of rotatable bonds is 1. The number of anilines is 1. The molecule has 0 amide bonds. The molecule has 0 saturated carbocycles. The molecule has 0 aliphatic carbocycles. The maximum atomic E-state index is 8.22. The van der Waals surface area contributed by atoms with Gasteiger partial charge in [0.2, 0.25) is 0 Å². The number of nitriles is 1. The van der Waals surface area contributed by atoms with Gasteiger partial charge >= 0.3 is 0 Å². The predicted octanol–water partition coefficient (Wildman–Crippen LogP) is 0.663. The lowest BCUT2D eigenvalue weighted by Gasteiger charge is -1.83. The largest absolute Gasteiger partial charge is 0.385 e. The molecule has 0 spiro atoms. The van der Waals surface area contributed by atoms with Gasteiger partial charge in [0, 0.05) is 5.69 Å². The number of nitrogens with zero attached hydrogens (tertiary/aromatic N) is 1. The van der Waals surface area contributed by atoms with Crippen LogP contribution in [-0.2, 0) is 6.42 Å². The summed E-state index contributed by atoms with van der Waals surface area (Å²) in [5.74, 6) is 0.611. The zero-order valence-corrected chi connectivity index (χ0v) is 4.89. The maximum absolute atomic E-state index is 8.22. The number of nitrogens with two attached hydrogens (primary N) is 1. The van der Waals surface area contributed by atoms with E-state index in [4.69, 9.17) is 11.0 Å². The Hall–Kier alpha value is -1.43. The molecule has 0 saturated heterocycles. The summed E-state index contributed by atoms with van der Waals surface area (Å²) in [4.78, 5) is 2.83. The summed E-state index contributed by atoms with van der Waals surface area (Å²) >= 11 is 0. The number of H-pyrrole nitrogens is 1. The molecule has 9 heavy (non-hydrogen) atoms. The second kappa shape index (κ2) is 2.23. The quantitative estimate of drug-likeness (QED) is 0.573. The van der Waals surface area contributed by atoms with Crippen LogP contribution in [0.5, 0.6) is 0 Å². The minimum Gasteiger partial charge on any atom is -0.385 e. The Morgan fingerprint density at radius 1 is 1.67 bits per heavy atom. The van der Waals surface area contributed by atoms with Crippen LogP contribution in [0.25, 0.3) is 0 Å². The maximum Gasteiger partial charge on any atom is 0.100 e. The zero-order chi connectivity index (χ0) is 6.69. The van der Waals surface area contributed by atoms with Gasteiger partial charge in [0.25, 0.3) is 0 Å². The third-order valence-corrected chi connectivity index (χ3v) is 1.04. The van der Waals surface area contributed by atoms with E-state index in [0.29, 0.717) is 12.2 Å². The monoisotopic (exact) mass is 121 g/mol. The van der Waals surface area contributed by atoms with Crippen molar-refractivity contribution in [2.75, 3.05) is 5.73 Å². The molecule has 0 fully saturated rings. The average Bonchev–Trinajstić information content (AvgIpc) is 2.17. The highest BCUT2D eigenvalue weighted by molar-refractivity contribution is 5.31. The van der Waals surface area contributed by atoms with Crippen molar-refractivity contribution in [3.05, 3.63) is 17.8 Å². The van der Waals surface area contributed by atoms with Crippen LogP contribution < -0.4 is 5.73 Å². The van der Waals surface area contributed by atoms with Gasteiger partial charge in [-0.3, -0.25) is 0 Å². The van der Waals surface area contributed by atoms with Crippen molar-refractivity contribution in [2.45, 2.75) is 6.42 Å². The first-order valence-electron chi connectivity index (χ1n) is 2.63. The van der Waals surface area contributed by atoms with Gasteiger partial charge in [-0.1, -0.05) is 0 Å². The highest BCUT2D eigenvalue weighted by Crippen LogP contribution is 2.01. The second-order valence-corrected chi connectivity index (χ2v) is 1.77. The van der Waals surface area contributed by atoms with Crippen LogP contribution in [0.3, 0.4) is 0 Å². The van der Waals surface area contributed by atoms with Crippen LogP contribution in [0.2, 0.25) is 0 Å². The van der Waals surface area contributed by atoms with E-state index in [1.807, 2.05) is 6.07 Å². The van der Waals surface area contributed by atoms with Crippen LogP contribution in [0.4, 0.5) is 5.82 Å². The SMILES string of the molecule is N#CCc1ccc(N)[nH]1. The molecule has 3 heteroatoms. The minimum absolute atomic E-state index is 0.400. The number of nitrogen functional groups attached to an aromatic ring is 1. The van der Waals surface area contributed by atoms with Gasteiger partial charge < -0.3 is 10.7 Å². The molecule has 1 aromatic rings. The van der Waals surface area contributed by atoms with Crippen molar-refractivity contribution in [1.82, 2.24) is 4.98 Å². The Bertz CT molecular complexity index is 231. The smallest absolute Gasteiger partial charge is 0.100 e. The molecule has 1 aromatic heterocycles. The van der Waals surface area contributed by atoms with Crippen LogP contribution in [0, 0.1) is 11.3 Å². The Balaban J connectivity index is 2.76. The van der Waals surface area contributed by atoms with Crippen molar-refractivity contribution < 1.29 is 0 Å². The van der Waals surface area contributed by atoms with Gasteiger partial charge in [-0.15, -0.1) is 0 Å². The fraction of sp³-hybridized carbons (Fsp3) is 0.167.